The van der Waals surface area contributed by atoms with Gasteiger partial charge in [-0.05, 0) is 35.4 Å². The molecule has 0 radical (unpaired) electrons. The molecule has 1 aliphatic heterocycles. The van der Waals surface area contributed by atoms with Crippen LogP contribution in [-0.2, 0) is 4.79 Å². The number of hydrogen-bond donors (Lipinski definition) is 1. The normalized spacial score (nSPS) is 12.1. The molecule has 1 aliphatic rings. The number of amides is 3. The fraction of sp³-hybridized carbons (Fsp3) is 0.0909. The molecule has 0 atom stereocenters. The molecule has 3 amide bonds. The van der Waals surface area contributed by atoms with Crippen molar-refractivity contribution in [2.75, 3.05) is 23.4 Å². The van der Waals surface area contributed by atoms with Crippen LogP contribution in [0.25, 0.3) is 11.1 Å². The van der Waals surface area contributed by atoms with Gasteiger partial charge in [-0.25, -0.2) is 9.69 Å². The summed E-state index contributed by atoms with van der Waals surface area (Å²) in [6.45, 7) is 0.901. The molecule has 6 nitrogen and oxygen atoms in total. The summed E-state index contributed by atoms with van der Waals surface area (Å²) >= 11 is 0. The van der Waals surface area contributed by atoms with Crippen LogP contribution in [0.1, 0.15) is 0 Å². The zero-order valence-corrected chi connectivity index (χ0v) is 15.0. The van der Waals surface area contributed by atoms with Crippen molar-refractivity contribution in [1.29, 1.82) is 0 Å². The van der Waals surface area contributed by atoms with Gasteiger partial charge in [0.25, 0.3) is 0 Å². The van der Waals surface area contributed by atoms with Crippen LogP contribution in [0.3, 0.4) is 0 Å². The highest BCUT2D eigenvalue weighted by atomic mass is 16.6. The number of rotatable bonds is 4. The molecule has 28 heavy (non-hydrogen) atoms. The first-order valence-corrected chi connectivity index (χ1v) is 8.85. The van der Waals surface area contributed by atoms with Crippen LogP contribution < -0.4 is 19.7 Å². The third-order valence-electron chi connectivity index (χ3n) is 4.35. The highest BCUT2D eigenvalue weighted by Gasteiger charge is 2.19. The van der Waals surface area contributed by atoms with Gasteiger partial charge in [0, 0.05) is 11.8 Å². The number of ether oxygens (including phenoxy) is 2. The minimum atomic E-state index is -0.558. The van der Waals surface area contributed by atoms with Crippen molar-refractivity contribution in [3.8, 4) is 22.6 Å². The molecular weight excluding hydrogens is 356 g/mol. The molecule has 0 aromatic heterocycles. The van der Waals surface area contributed by atoms with Crippen molar-refractivity contribution < 1.29 is 19.1 Å². The van der Waals surface area contributed by atoms with Gasteiger partial charge in [0.1, 0.15) is 13.2 Å². The number of benzene rings is 3. The lowest BCUT2D eigenvalue weighted by atomic mass is 10.1. The van der Waals surface area contributed by atoms with Crippen LogP contribution in [0, 0.1) is 0 Å². The lowest BCUT2D eigenvalue weighted by molar-refractivity contribution is -0.106. The van der Waals surface area contributed by atoms with Gasteiger partial charge in [0.2, 0.25) is 6.41 Å². The number of carbonyl (C=O) groups excluding carboxylic acids is 2. The lowest BCUT2D eigenvalue weighted by Crippen LogP contribution is -2.33. The van der Waals surface area contributed by atoms with E-state index in [2.05, 4.69) is 5.32 Å². The molecule has 0 fully saturated rings. The van der Waals surface area contributed by atoms with E-state index < -0.39 is 6.03 Å². The molecule has 0 spiro atoms. The number of nitrogens with zero attached hydrogens (tertiary/aromatic N) is 1. The molecule has 1 N–H and O–H groups in total. The van der Waals surface area contributed by atoms with Crippen molar-refractivity contribution in [2.24, 2.45) is 0 Å². The SMILES string of the molecule is O=CN(C(=O)Nc1cccc(-c2ccccc2)c1)c1ccc2c(c1)OCCO2. The van der Waals surface area contributed by atoms with Crippen molar-refractivity contribution in [1.82, 2.24) is 0 Å². The third-order valence-corrected chi connectivity index (χ3v) is 4.35. The molecule has 4 rings (SSSR count). The second-order valence-electron chi connectivity index (χ2n) is 6.18. The van der Waals surface area contributed by atoms with E-state index in [9.17, 15) is 9.59 Å². The molecule has 1 heterocycles. The summed E-state index contributed by atoms with van der Waals surface area (Å²) in [5.74, 6) is 1.10. The molecule has 0 saturated carbocycles. The Kier molecular flexibility index (Phi) is 4.93. The van der Waals surface area contributed by atoms with E-state index >= 15 is 0 Å². The number of hydrogen-bond acceptors (Lipinski definition) is 4. The Labute approximate surface area is 162 Å². The van der Waals surface area contributed by atoms with E-state index in [-0.39, 0.29) is 0 Å². The maximum atomic E-state index is 12.7. The van der Waals surface area contributed by atoms with Gasteiger partial charge in [-0.1, -0.05) is 42.5 Å². The number of fused-ring (bicyclic) bond motifs is 1. The van der Waals surface area contributed by atoms with Crippen LogP contribution in [-0.4, -0.2) is 25.7 Å². The number of carbonyl (C=O) groups is 2. The molecule has 0 saturated heterocycles. The maximum absolute atomic E-state index is 12.7. The Bertz CT molecular complexity index is 1000. The monoisotopic (exact) mass is 374 g/mol. The van der Waals surface area contributed by atoms with Gasteiger partial charge in [-0.15, -0.1) is 0 Å². The van der Waals surface area contributed by atoms with E-state index in [1.165, 1.54) is 0 Å². The second-order valence-corrected chi connectivity index (χ2v) is 6.18. The summed E-state index contributed by atoms with van der Waals surface area (Å²) in [5.41, 5.74) is 3.00. The van der Waals surface area contributed by atoms with Crippen molar-refractivity contribution in [2.45, 2.75) is 0 Å². The van der Waals surface area contributed by atoms with Crippen LogP contribution in [0.5, 0.6) is 11.5 Å². The molecular formula is C22H18N2O4. The fourth-order valence-electron chi connectivity index (χ4n) is 3.00. The summed E-state index contributed by atoms with van der Waals surface area (Å²) in [6, 6.07) is 21.7. The number of urea groups is 1. The summed E-state index contributed by atoms with van der Waals surface area (Å²) in [4.78, 5) is 25.3. The van der Waals surface area contributed by atoms with E-state index in [0.29, 0.717) is 42.5 Å². The van der Waals surface area contributed by atoms with E-state index in [1.54, 1.807) is 24.3 Å². The van der Waals surface area contributed by atoms with Crippen LogP contribution in [0.4, 0.5) is 16.2 Å². The number of imide groups is 1. The second kappa shape index (κ2) is 7.84. The van der Waals surface area contributed by atoms with Gasteiger partial charge in [0.15, 0.2) is 11.5 Å². The average molecular weight is 374 g/mol. The molecule has 140 valence electrons. The minimum Gasteiger partial charge on any atom is -0.486 e. The summed E-state index contributed by atoms with van der Waals surface area (Å²) < 4.78 is 11.0. The van der Waals surface area contributed by atoms with Gasteiger partial charge >= 0.3 is 6.03 Å². The highest BCUT2D eigenvalue weighted by molar-refractivity contribution is 6.12. The average Bonchev–Trinajstić information content (AvgIpc) is 2.75. The Balaban J connectivity index is 1.55. The first-order chi connectivity index (χ1) is 13.7. The highest BCUT2D eigenvalue weighted by Crippen LogP contribution is 2.34. The number of anilines is 2. The number of nitrogens with one attached hydrogen (secondary N) is 1. The molecule has 0 unspecified atom stereocenters. The van der Waals surface area contributed by atoms with Gasteiger partial charge in [-0.2, -0.15) is 0 Å². The Hall–Kier alpha value is -3.80. The summed E-state index contributed by atoms with van der Waals surface area (Å²) in [6.07, 6.45) is 0.474. The van der Waals surface area contributed by atoms with Crippen molar-refractivity contribution >= 4 is 23.8 Å². The Morgan fingerprint density at radius 1 is 0.857 bits per heavy atom. The first-order valence-electron chi connectivity index (χ1n) is 8.85. The molecule has 6 heteroatoms. The van der Waals surface area contributed by atoms with Crippen LogP contribution >= 0.6 is 0 Å². The minimum absolute atomic E-state index is 0.399. The quantitative estimate of drug-likeness (QED) is 0.691. The standard InChI is InChI=1S/C22H18N2O4/c25-15-24(19-9-10-20-21(14-19)28-12-11-27-20)22(26)23-18-8-4-7-17(13-18)16-5-2-1-3-6-16/h1-10,13-15H,11-12H2,(H,23,26). The van der Waals surface area contributed by atoms with Crippen molar-refractivity contribution in [3.05, 3.63) is 72.8 Å². The largest absolute Gasteiger partial charge is 0.486 e. The van der Waals surface area contributed by atoms with E-state index in [0.717, 1.165) is 16.0 Å². The smallest absolute Gasteiger partial charge is 0.332 e. The van der Waals surface area contributed by atoms with Crippen LogP contribution in [0.2, 0.25) is 0 Å². The predicted molar refractivity (Wildman–Crippen MR) is 107 cm³/mol. The zero-order chi connectivity index (χ0) is 19.3. The fourth-order valence-corrected chi connectivity index (χ4v) is 3.00. The van der Waals surface area contributed by atoms with E-state index in [4.69, 9.17) is 9.47 Å². The van der Waals surface area contributed by atoms with Gasteiger partial charge in [0.05, 0.1) is 5.69 Å². The van der Waals surface area contributed by atoms with E-state index in [1.807, 2.05) is 48.5 Å². The third kappa shape index (κ3) is 3.66. The topological polar surface area (TPSA) is 67.9 Å². The lowest BCUT2D eigenvalue weighted by Gasteiger charge is -2.21. The maximum Gasteiger partial charge on any atom is 0.332 e. The Morgan fingerprint density at radius 3 is 2.39 bits per heavy atom. The predicted octanol–water partition coefficient (Wildman–Crippen LogP) is 4.32. The van der Waals surface area contributed by atoms with Crippen molar-refractivity contribution in [3.63, 3.8) is 0 Å². The van der Waals surface area contributed by atoms with Crippen LogP contribution in [0.15, 0.2) is 72.8 Å². The zero-order valence-electron chi connectivity index (χ0n) is 15.0. The molecule has 0 bridgehead atoms. The van der Waals surface area contributed by atoms with Gasteiger partial charge < -0.3 is 14.8 Å². The molecule has 3 aromatic rings. The van der Waals surface area contributed by atoms with Gasteiger partial charge in [-0.3, -0.25) is 4.79 Å². The Morgan fingerprint density at radius 2 is 1.61 bits per heavy atom. The molecule has 0 aliphatic carbocycles. The molecule has 3 aromatic carbocycles. The summed E-state index contributed by atoms with van der Waals surface area (Å²) in [7, 11) is 0. The first kappa shape index (κ1) is 17.6. The summed E-state index contributed by atoms with van der Waals surface area (Å²) in [5, 5.41) is 2.77.